The van der Waals surface area contributed by atoms with Crippen LogP contribution < -0.4 is 0 Å². The van der Waals surface area contributed by atoms with Crippen LogP contribution in [0.5, 0.6) is 0 Å². The van der Waals surface area contributed by atoms with Crippen LogP contribution in [0.15, 0.2) is 0 Å². The zero-order valence-electron chi connectivity index (χ0n) is 11.6. The van der Waals surface area contributed by atoms with Crippen molar-refractivity contribution >= 4 is 17.8 Å². The van der Waals surface area contributed by atoms with Crippen LogP contribution in [0.2, 0.25) is 0 Å². The molecule has 1 aliphatic heterocycles. The summed E-state index contributed by atoms with van der Waals surface area (Å²) < 4.78 is 0. The van der Waals surface area contributed by atoms with E-state index in [2.05, 4.69) is 0 Å². The molecule has 0 radical (unpaired) electrons. The molecule has 1 rings (SSSR count). The van der Waals surface area contributed by atoms with Crippen LogP contribution in [-0.2, 0) is 14.4 Å². The first-order valence-corrected chi connectivity index (χ1v) is 6.64. The maximum Gasteiger partial charge on any atom is 0.303 e. The topological polar surface area (TPSA) is 77.9 Å². The third-order valence-electron chi connectivity index (χ3n) is 3.55. The molecule has 1 atom stereocenters. The summed E-state index contributed by atoms with van der Waals surface area (Å²) >= 11 is 0. The van der Waals surface area contributed by atoms with Crippen molar-refractivity contribution in [3.63, 3.8) is 0 Å². The fourth-order valence-electron chi connectivity index (χ4n) is 2.32. The summed E-state index contributed by atoms with van der Waals surface area (Å²) in [6, 6.07) is -0.00212. The number of aliphatic carboxylic acids is 1. The number of rotatable bonds is 5. The molecule has 0 bridgehead atoms. The van der Waals surface area contributed by atoms with Crippen LogP contribution in [0.4, 0.5) is 0 Å². The van der Waals surface area contributed by atoms with E-state index in [0.29, 0.717) is 13.0 Å². The Morgan fingerprint density at radius 2 is 2.00 bits per heavy atom. The maximum atomic E-state index is 12.2. The number of likely N-dealkylation sites (N-methyl/N-ethyl adjacent to an activating group) is 1. The number of piperidine rings is 1. The van der Waals surface area contributed by atoms with Crippen molar-refractivity contribution in [3.05, 3.63) is 0 Å². The summed E-state index contributed by atoms with van der Waals surface area (Å²) in [7, 11) is 1.59. The molecule has 1 saturated heterocycles. The molecule has 1 fully saturated rings. The molecule has 0 aliphatic carbocycles. The highest BCUT2D eigenvalue weighted by molar-refractivity contribution is 5.84. The van der Waals surface area contributed by atoms with Gasteiger partial charge in [0, 0.05) is 33.0 Å². The Labute approximate surface area is 113 Å². The van der Waals surface area contributed by atoms with Crippen molar-refractivity contribution in [2.75, 3.05) is 20.1 Å². The highest BCUT2D eigenvalue weighted by Gasteiger charge is 2.27. The van der Waals surface area contributed by atoms with E-state index in [1.54, 1.807) is 11.9 Å². The van der Waals surface area contributed by atoms with Gasteiger partial charge in [-0.15, -0.1) is 0 Å². The molecule has 0 aromatic carbocycles. The van der Waals surface area contributed by atoms with Gasteiger partial charge in [0.1, 0.15) is 0 Å². The first kappa shape index (κ1) is 15.5. The van der Waals surface area contributed by atoms with E-state index in [-0.39, 0.29) is 30.8 Å². The van der Waals surface area contributed by atoms with Gasteiger partial charge in [-0.2, -0.15) is 0 Å². The normalized spacial score (nSPS) is 19.1. The Morgan fingerprint density at radius 1 is 1.32 bits per heavy atom. The number of carboxylic acids is 1. The molecule has 6 heteroatoms. The average Bonchev–Trinajstić information content (AvgIpc) is 2.36. The number of nitrogens with zero attached hydrogens (tertiary/aromatic N) is 2. The van der Waals surface area contributed by atoms with Crippen molar-refractivity contribution in [3.8, 4) is 0 Å². The molecule has 1 aliphatic rings. The number of hydrogen-bond donors (Lipinski definition) is 1. The standard InChI is InChI=1S/C13H22N2O4/c1-10(16)14(2)9-12(17)15-8-4-3-5-11(15)6-7-13(18)19/h11H,3-9H2,1-2H3,(H,18,19). The fraction of sp³-hybridized carbons (Fsp3) is 0.769. The molecule has 1 N–H and O–H groups in total. The Hall–Kier alpha value is -1.59. The number of amides is 2. The number of likely N-dealkylation sites (tertiary alicyclic amines) is 1. The second kappa shape index (κ2) is 7.11. The second-order valence-electron chi connectivity index (χ2n) is 5.04. The molecule has 1 unspecified atom stereocenters. The van der Waals surface area contributed by atoms with E-state index in [1.807, 2.05) is 0 Å². The smallest absolute Gasteiger partial charge is 0.303 e. The monoisotopic (exact) mass is 270 g/mol. The minimum absolute atomic E-state index is 0.00212. The minimum atomic E-state index is -0.834. The second-order valence-corrected chi connectivity index (χ2v) is 5.04. The number of carboxylic acid groups (broad SMARTS) is 1. The van der Waals surface area contributed by atoms with Crippen LogP contribution in [0.1, 0.15) is 39.0 Å². The van der Waals surface area contributed by atoms with Gasteiger partial charge in [0.2, 0.25) is 11.8 Å². The Bertz CT molecular complexity index is 357. The lowest BCUT2D eigenvalue weighted by molar-refractivity contribution is -0.142. The molecule has 0 aromatic heterocycles. The van der Waals surface area contributed by atoms with Gasteiger partial charge >= 0.3 is 5.97 Å². The highest BCUT2D eigenvalue weighted by Crippen LogP contribution is 2.21. The fourth-order valence-corrected chi connectivity index (χ4v) is 2.32. The van der Waals surface area contributed by atoms with Crippen LogP contribution in [0.3, 0.4) is 0 Å². The Kier molecular flexibility index (Phi) is 5.79. The maximum absolute atomic E-state index is 12.2. The van der Waals surface area contributed by atoms with E-state index in [9.17, 15) is 14.4 Å². The van der Waals surface area contributed by atoms with Gasteiger partial charge < -0.3 is 14.9 Å². The van der Waals surface area contributed by atoms with Crippen LogP contribution in [0.25, 0.3) is 0 Å². The summed E-state index contributed by atoms with van der Waals surface area (Å²) in [5.41, 5.74) is 0. The minimum Gasteiger partial charge on any atom is -0.481 e. The molecule has 0 spiro atoms. The average molecular weight is 270 g/mol. The van der Waals surface area contributed by atoms with E-state index in [1.165, 1.54) is 11.8 Å². The van der Waals surface area contributed by atoms with Gasteiger partial charge in [0.25, 0.3) is 0 Å². The molecule has 0 aromatic rings. The predicted octanol–water partition coefficient (Wildman–Crippen LogP) is 0.711. The molecule has 19 heavy (non-hydrogen) atoms. The van der Waals surface area contributed by atoms with Crippen LogP contribution in [-0.4, -0.2) is 58.9 Å². The highest BCUT2D eigenvalue weighted by atomic mass is 16.4. The molecule has 108 valence electrons. The first-order chi connectivity index (χ1) is 8.91. The summed E-state index contributed by atoms with van der Waals surface area (Å²) in [6.07, 6.45) is 3.39. The van der Waals surface area contributed by atoms with Crippen molar-refractivity contribution < 1.29 is 19.5 Å². The van der Waals surface area contributed by atoms with Gasteiger partial charge in [-0.1, -0.05) is 0 Å². The van der Waals surface area contributed by atoms with Gasteiger partial charge in [0.05, 0.1) is 6.54 Å². The van der Waals surface area contributed by atoms with Gasteiger partial charge in [0.15, 0.2) is 0 Å². The molecule has 1 heterocycles. The SMILES string of the molecule is CC(=O)N(C)CC(=O)N1CCCCC1CCC(=O)O. The summed E-state index contributed by atoms with van der Waals surface area (Å²) in [5.74, 6) is -1.07. The number of carbonyl (C=O) groups excluding carboxylic acids is 2. The van der Waals surface area contributed by atoms with Crippen molar-refractivity contribution in [1.29, 1.82) is 0 Å². The van der Waals surface area contributed by atoms with Crippen molar-refractivity contribution in [2.24, 2.45) is 0 Å². The zero-order chi connectivity index (χ0) is 14.4. The third-order valence-corrected chi connectivity index (χ3v) is 3.55. The number of hydrogen-bond acceptors (Lipinski definition) is 3. The molecule has 0 saturated carbocycles. The third kappa shape index (κ3) is 4.89. The van der Waals surface area contributed by atoms with Gasteiger partial charge in [-0.25, -0.2) is 0 Å². The van der Waals surface area contributed by atoms with Crippen molar-refractivity contribution in [2.45, 2.75) is 45.1 Å². The number of carbonyl (C=O) groups is 3. The van der Waals surface area contributed by atoms with Gasteiger partial charge in [-0.05, 0) is 25.7 Å². The van der Waals surface area contributed by atoms with Crippen molar-refractivity contribution in [1.82, 2.24) is 9.80 Å². The lowest BCUT2D eigenvalue weighted by atomic mass is 9.98. The van der Waals surface area contributed by atoms with E-state index >= 15 is 0 Å². The summed E-state index contributed by atoms with van der Waals surface area (Å²) in [6.45, 7) is 2.15. The summed E-state index contributed by atoms with van der Waals surface area (Å²) in [4.78, 5) is 37.0. The Morgan fingerprint density at radius 3 is 2.58 bits per heavy atom. The van der Waals surface area contributed by atoms with Crippen LogP contribution >= 0.6 is 0 Å². The van der Waals surface area contributed by atoms with Gasteiger partial charge in [-0.3, -0.25) is 14.4 Å². The molecular formula is C13H22N2O4. The lowest BCUT2D eigenvalue weighted by Crippen LogP contribution is -2.48. The molecular weight excluding hydrogens is 248 g/mol. The van der Waals surface area contributed by atoms with E-state index in [4.69, 9.17) is 5.11 Å². The summed E-state index contributed by atoms with van der Waals surface area (Å²) in [5, 5.41) is 8.73. The molecule has 6 nitrogen and oxygen atoms in total. The predicted molar refractivity (Wildman–Crippen MR) is 69.5 cm³/mol. The molecule has 2 amide bonds. The van der Waals surface area contributed by atoms with Crippen LogP contribution in [0, 0.1) is 0 Å². The lowest BCUT2D eigenvalue weighted by Gasteiger charge is -2.36. The van der Waals surface area contributed by atoms with E-state index in [0.717, 1.165) is 19.3 Å². The first-order valence-electron chi connectivity index (χ1n) is 6.64. The zero-order valence-corrected chi connectivity index (χ0v) is 11.6. The van der Waals surface area contributed by atoms with E-state index < -0.39 is 5.97 Å². The Balaban J connectivity index is 2.57. The largest absolute Gasteiger partial charge is 0.481 e. The quantitative estimate of drug-likeness (QED) is 0.798.